The van der Waals surface area contributed by atoms with Crippen LogP contribution < -0.4 is 0 Å². The molecule has 0 saturated carbocycles. The number of aryl methyl sites for hydroxylation is 1. The van der Waals surface area contributed by atoms with E-state index in [2.05, 4.69) is 30.3 Å². The Hall–Kier alpha value is -2.11. The third-order valence-corrected chi connectivity index (χ3v) is 5.14. The molecule has 0 unspecified atom stereocenters. The first kappa shape index (κ1) is 20.6. The van der Waals surface area contributed by atoms with E-state index < -0.39 is 0 Å². The van der Waals surface area contributed by atoms with Gasteiger partial charge in [-0.3, -0.25) is 4.79 Å². The second-order valence-corrected chi connectivity index (χ2v) is 8.05. The highest BCUT2D eigenvalue weighted by molar-refractivity contribution is 6.42. The van der Waals surface area contributed by atoms with E-state index in [0.29, 0.717) is 34.6 Å². The molecule has 2 aromatic heterocycles. The maximum atomic E-state index is 13.2. The second kappa shape index (κ2) is 8.93. The third kappa shape index (κ3) is 4.47. The Morgan fingerprint density at radius 2 is 2.00 bits per heavy atom. The van der Waals surface area contributed by atoms with Crippen LogP contribution in [0, 0.1) is 5.92 Å². The van der Waals surface area contributed by atoms with Crippen molar-refractivity contribution in [3.8, 4) is 0 Å². The smallest absolute Gasteiger partial charge is 0.254 e. The van der Waals surface area contributed by atoms with Crippen molar-refractivity contribution in [1.29, 1.82) is 0 Å². The summed E-state index contributed by atoms with van der Waals surface area (Å²) in [6, 6.07) is 8.81. The lowest BCUT2D eigenvalue weighted by Crippen LogP contribution is -2.34. The summed E-state index contributed by atoms with van der Waals surface area (Å²) in [5, 5.41) is 0.809. The first-order valence-corrected chi connectivity index (χ1v) is 10.2. The molecular formula is C21H24Cl2N4O. The van der Waals surface area contributed by atoms with Crippen LogP contribution in [-0.4, -0.2) is 31.9 Å². The molecule has 3 rings (SSSR count). The quantitative estimate of drug-likeness (QED) is 0.512. The summed E-state index contributed by atoms with van der Waals surface area (Å²) in [6.07, 6.45) is 2.73. The maximum absolute atomic E-state index is 13.2. The molecule has 0 aliphatic carbocycles. The van der Waals surface area contributed by atoms with E-state index in [1.165, 1.54) is 0 Å². The number of nitrogens with zero attached hydrogens (tertiary/aromatic N) is 4. The Kier molecular flexibility index (Phi) is 6.57. The SMILES string of the molecule is CCCn1c(CN(CC(C)C)C(=O)c2ccc(Cl)c(Cl)c2)nc2cccnc21. The molecule has 3 aromatic rings. The van der Waals surface area contributed by atoms with Gasteiger partial charge in [-0.15, -0.1) is 0 Å². The Labute approximate surface area is 175 Å². The summed E-state index contributed by atoms with van der Waals surface area (Å²) < 4.78 is 2.10. The van der Waals surface area contributed by atoms with Crippen LogP contribution >= 0.6 is 23.2 Å². The average molecular weight is 419 g/mol. The Morgan fingerprint density at radius 3 is 2.68 bits per heavy atom. The minimum absolute atomic E-state index is 0.0877. The van der Waals surface area contributed by atoms with Crippen molar-refractivity contribution >= 4 is 40.3 Å². The molecule has 0 N–H and O–H groups in total. The first-order chi connectivity index (χ1) is 13.4. The second-order valence-electron chi connectivity index (χ2n) is 7.23. The molecule has 7 heteroatoms. The van der Waals surface area contributed by atoms with Gasteiger partial charge in [-0.05, 0) is 42.7 Å². The molecule has 0 fully saturated rings. The summed E-state index contributed by atoms with van der Waals surface area (Å²) >= 11 is 12.1. The number of carbonyl (C=O) groups excluding carboxylic acids is 1. The summed E-state index contributed by atoms with van der Waals surface area (Å²) in [6.45, 7) is 8.12. The van der Waals surface area contributed by atoms with Gasteiger partial charge < -0.3 is 9.47 Å². The third-order valence-electron chi connectivity index (χ3n) is 4.40. The molecule has 2 heterocycles. The molecule has 0 radical (unpaired) electrons. The average Bonchev–Trinajstić information content (AvgIpc) is 3.00. The van der Waals surface area contributed by atoms with E-state index in [0.717, 1.165) is 30.0 Å². The van der Waals surface area contributed by atoms with Gasteiger partial charge in [0.1, 0.15) is 11.3 Å². The molecule has 0 bridgehead atoms. The van der Waals surface area contributed by atoms with E-state index in [1.807, 2.05) is 17.0 Å². The van der Waals surface area contributed by atoms with Gasteiger partial charge in [0.25, 0.3) is 5.91 Å². The minimum atomic E-state index is -0.0877. The van der Waals surface area contributed by atoms with Crippen LogP contribution in [0.1, 0.15) is 43.4 Å². The molecule has 148 valence electrons. The number of carbonyl (C=O) groups is 1. The summed E-state index contributed by atoms with van der Waals surface area (Å²) in [5.41, 5.74) is 2.22. The Morgan fingerprint density at radius 1 is 1.21 bits per heavy atom. The number of benzene rings is 1. The highest BCUT2D eigenvalue weighted by Gasteiger charge is 2.21. The van der Waals surface area contributed by atoms with E-state index in [-0.39, 0.29) is 5.91 Å². The predicted molar refractivity (Wildman–Crippen MR) is 114 cm³/mol. The van der Waals surface area contributed by atoms with Crippen molar-refractivity contribution < 1.29 is 4.79 Å². The van der Waals surface area contributed by atoms with Crippen LogP contribution in [0.15, 0.2) is 36.5 Å². The number of amides is 1. The number of hydrogen-bond acceptors (Lipinski definition) is 3. The van der Waals surface area contributed by atoms with E-state index in [1.54, 1.807) is 24.4 Å². The van der Waals surface area contributed by atoms with Gasteiger partial charge >= 0.3 is 0 Å². The molecule has 0 aliphatic rings. The van der Waals surface area contributed by atoms with Crippen LogP contribution in [0.5, 0.6) is 0 Å². The van der Waals surface area contributed by atoms with Crippen molar-refractivity contribution in [2.24, 2.45) is 5.92 Å². The molecule has 1 aromatic carbocycles. The first-order valence-electron chi connectivity index (χ1n) is 9.45. The van der Waals surface area contributed by atoms with Crippen molar-refractivity contribution in [3.05, 3.63) is 58.0 Å². The van der Waals surface area contributed by atoms with Crippen LogP contribution in [-0.2, 0) is 13.1 Å². The molecule has 0 saturated heterocycles. The predicted octanol–water partition coefficient (Wildman–Crippen LogP) is 5.45. The van der Waals surface area contributed by atoms with Crippen molar-refractivity contribution in [1.82, 2.24) is 19.4 Å². The molecule has 5 nitrogen and oxygen atoms in total. The fraction of sp³-hybridized carbons (Fsp3) is 0.381. The number of fused-ring (bicyclic) bond motifs is 1. The van der Waals surface area contributed by atoms with Crippen LogP contribution in [0.25, 0.3) is 11.2 Å². The number of aromatic nitrogens is 3. The molecule has 0 aliphatic heterocycles. The highest BCUT2D eigenvalue weighted by Crippen LogP contribution is 2.24. The summed E-state index contributed by atoms with van der Waals surface area (Å²) in [5.74, 6) is 1.06. The zero-order valence-electron chi connectivity index (χ0n) is 16.3. The molecule has 0 spiro atoms. The minimum Gasteiger partial charge on any atom is -0.331 e. The lowest BCUT2D eigenvalue weighted by Gasteiger charge is -2.25. The lowest BCUT2D eigenvalue weighted by atomic mass is 10.1. The fourth-order valence-corrected chi connectivity index (χ4v) is 3.53. The molecule has 0 atom stereocenters. The largest absolute Gasteiger partial charge is 0.331 e. The number of pyridine rings is 1. The fourth-order valence-electron chi connectivity index (χ4n) is 3.23. The van der Waals surface area contributed by atoms with Crippen molar-refractivity contribution in [2.45, 2.75) is 40.3 Å². The van der Waals surface area contributed by atoms with Crippen LogP contribution in [0.4, 0.5) is 0 Å². The normalized spacial score (nSPS) is 11.4. The van der Waals surface area contributed by atoms with E-state index >= 15 is 0 Å². The summed E-state index contributed by atoms with van der Waals surface area (Å²) in [4.78, 5) is 24.2. The zero-order valence-corrected chi connectivity index (χ0v) is 17.8. The Bertz CT molecular complexity index is 984. The molecule has 1 amide bonds. The number of imidazole rings is 1. The van der Waals surface area contributed by atoms with Gasteiger partial charge in [0.05, 0.1) is 16.6 Å². The van der Waals surface area contributed by atoms with Gasteiger partial charge in [0.15, 0.2) is 5.65 Å². The van der Waals surface area contributed by atoms with E-state index in [4.69, 9.17) is 28.2 Å². The topological polar surface area (TPSA) is 51.0 Å². The number of rotatable bonds is 7. The lowest BCUT2D eigenvalue weighted by molar-refractivity contribution is 0.0716. The van der Waals surface area contributed by atoms with Crippen molar-refractivity contribution in [2.75, 3.05) is 6.54 Å². The van der Waals surface area contributed by atoms with E-state index in [9.17, 15) is 4.79 Å². The standard InChI is InChI=1S/C21H24Cl2N4O/c1-4-10-27-19(25-18-6-5-9-24-20(18)27)13-26(12-14(2)3)21(28)15-7-8-16(22)17(23)11-15/h5-9,11,14H,4,10,12-13H2,1-3H3. The van der Waals surface area contributed by atoms with Gasteiger partial charge in [-0.25, -0.2) is 9.97 Å². The maximum Gasteiger partial charge on any atom is 0.254 e. The van der Waals surface area contributed by atoms with Gasteiger partial charge in [-0.1, -0.05) is 44.0 Å². The zero-order chi connectivity index (χ0) is 20.3. The van der Waals surface area contributed by atoms with Gasteiger partial charge in [-0.2, -0.15) is 0 Å². The number of halogens is 2. The van der Waals surface area contributed by atoms with Crippen LogP contribution in [0.3, 0.4) is 0 Å². The Balaban J connectivity index is 1.96. The molecule has 28 heavy (non-hydrogen) atoms. The monoisotopic (exact) mass is 418 g/mol. The van der Waals surface area contributed by atoms with Gasteiger partial charge in [0, 0.05) is 24.8 Å². The van der Waals surface area contributed by atoms with Crippen molar-refractivity contribution in [3.63, 3.8) is 0 Å². The molecular weight excluding hydrogens is 395 g/mol. The summed E-state index contributed by atoms with van der Waals surface area (Å²) in [7, 11) is 0. The van der Waals surface area contributed by atoms with Gasteiger partial charge in [0.2, 0.25) is 0 Å². The number of hydrogen-bond donors (Lipinski definition) is 0. The highest BCUT2D eigenvalue weighted by atomic mass is 35.5. The van der Waals surface area contributed by atoms with Crippen LogP contribution in [0.2, 0.25) is 10.0 Å².